The molecule has 0 N–H and O–H groups in total. The zero-order chi connectivity index (χ0) is 21.2. The average molecular weight is 426 g/mol. The van der Waals surface area contributed by atoms with Crippen molar-refractivity contribution in [2.45, 2.75) is 6.61 Å². The number of carbonyl (C=O) groups is 1. The van der Waals surface area contributed by atoms with Gasteiger partial charge >= 0.3 is 5.97 Å². The minimum absolute atomic E-state index is 0.132. The molecule has 5 nitrogen and oxygen atoms in total. The number of ether oxygens (including phenoxy) is 2. The second kappa shape index (κ2) is 8.16. The molecule has 0 saturated carbocycles. The Morgan fingerprint density at radius 1 is 0.903 bits per heavy atom. The van der Waals surface area contributed by atoms with Gasteiger partial charge in [0.05, 0.1) is 34.1 Å². The Kier molecular flexibility index (Phi) is 5.06. The molecular weight excluding hydrogens is 408 g/mol. The molecule has 5 aromatic rings. The maximum absolute atomic E-state index is 13.0. The highest BCUT2D eigenvalue weighted by Gasteiger charge is 2.16. The standard InChI is InChI=1S/C25H18N2O3S/c1-29-17-12-10-16(11-13-17)22-14-19(18-6-2-3-7-20(18)26-22)25(28)30-15-24-27-21-8-4-5-9-23(21)31-24/h2-14H,15H2,1H3. The number of benzene rings is 3. The van der Waals surface area contributed by atoms with Crippen LogP contribution in [0.4, 0.5) is 0 Å². The number of hydrogen-bond donors (Lipinski definition) is 0. The van der Waals surface area contributed by atoms with Crippen LogP contribution in [0.25, 0.3) is 32.4 Å². The molecule has 6 heteroatoms. The summed E-state index contributed by atoms with van der Waals surface area (Å²) in [4.78, 5) is 22.3. The lowest BCUT2D eigenvalue weighted by molar-refractivity contribution is 0.0475. The summed E-state index contributed by atoms with van der Waals surface area (Å²) in [7, 11) is 1.63. The third kappa shape index (κ3) is 3.85. The van der Waals surface area contributed by atoms with E-state index >= 15 is 0 Å². The average Bonchev–Trinajstić information content (AvgIpc) is 3.25. The summed E-state index contributed by atoms with van der Waals surface area (Å²) in [6.07, 6.45) is 0. The topological polar surface area (TPSA) is 61.3 Å². The SMILES string of the molecule is COc1ccc(-c2cc(C(=O)OCc3nc4ccccc4s3)c3ccccc3n2)cc1. The molecule has 31 heavy (non-hydrogen) atoms. The highest BCUT2D eigenvalue weighted by molar-refractivity contribution is 7.18. The van der Waals surface area contributed by atoms with Gasteiger partial charge in [0.15, 0.2) is 0 Å². The highest BCUT2D eigenvalue weighted by atomic mass is 32.1. The van der Waals surface area contributed by atoms with Crippen molar-refractivity contribution in [2.75, 3.05) is 7.11 Å². The Hall–Kier alpha value is -3.77. The number of rotatable bonds is 5. The molecule has 3 aromatic carbocycles. The number of nitrogens with zero attached hydrogens (tertiary/aromatic N) is 2. The van der Waals surface area contributed by atoms with Gasteiger partial charge in [-0.3, -0.25) is 0 Å². The Bertz CT molecular complexity index is 1360. The van der Waals surface area contributed by atoms with Crippen LogP contribution in [0.5, 0.6) is 5.75 Å². The summed E-state index contributed by atoms with van der Waals surface area (Å²) < 4.78 is 11.9. The van der Waals surface area contributed by atoms with Gasteiger partial charge in [0, 0.05) is 10.9 Å². The number of fused-ring (bicyclic) bond motifs is 2. The van der Waals surface area contributed by atoms with Gasteiger partial charge in [-0.2, -0.15) is 0 Å². The molecule has 2 heterocycles. The monoisotopic (exact) mass is 426 g/mol. The molecule has 0 fully saturated rings. The predicted octanol–water partition coefficient (Wildman–Crippen LogP) is 5.88. The van der Waals surface area contributed by atoms with E-state index in [1.807, 2.05) is 72.8 Å². The number of methoxy groups -OCH3 is 1. The molecule has 0 radical (unpaired) electrons. The normalized spacial score (nSPS) is 11.0. The Morgan fingerprint density at radius 2 is 1.65 bits per heavy atom. The maximum Gasteiger partial charge on any atom is 0.339 e. The smallest absolute Gasteiger partial charge is 0.339 e. The van der Waals surface area contributed by atoms with Gasteiger partial charge in [-0.1, -0.05) is 30.3 Å². The number of pyridine rings is 1. The van der Waals surface area contributed by atoms with E-state index in [4.69, 9.17) is 14.5 Å². The fourth-order valence-electron chi connectivity index (χ4n) is 3.44. The zero-order valence-corrected chi connectivity index (χ0v) is 17.6. The van der Waals surface area contributed by atoms with Crippen LogP contribution in [-0.4, -0.2) is 23.0 Å². The Morgan fingerprint density at radius 3 is 2.42 bits per heavy atom. The van der Waals surface area contributed by atoms with Crippen molar-refractivity contribution in [3.8, 4) is 17.0 Å². The van der Waals surface area contributed by atoms with Gasteiger partial charge in [0.1, 0.15) is 17.4 Å². The largest absolute Gasteiger partial charge is 0.497 e. The highest BCUT2D eigenvalue weighted by Crippen LogP contribution is 2.28. The maximum atomic E-state index is 13.0. The van der Waals surface area contributed by atoms with E-state index < -0.39 is 5.97 Å². The zero-order valence-electron chi connectivity index (χ0n) is 16.7. The quantitative estimate of drug-likeness (QED) is 0.329. The first-order valence-electron chi connectivity index (χ1n) is 9.77. The lowest BCUT2D eigenvalue weighted by atomic mass is 10.0. The third-order valence-electron chi connectivity index (χ3n) is 4.99. The molecule has 152 valence electrons. The minimum atomic E-state index is -0.396. The van der Waals surface area contributed by atoms with E-state index in [1.54, 1.807) is 13.2 Å². The fourth-order valence-corrected chi connectivity index (χ4v) is 4.32. The van der Waals surface area contributed by atoms with Crippen LogP contribution in [0.2, 0.25) is 0 Å². The second-order valence-corrected chi connectivity index (χ2v) is 8.07. The molecule has 0 amide bonds. The van der Waals surface area contributed by atoms with Crippen LogP contribution in [0, 0.1) is 0 Å². The van der Waals surface area contributed by atoms with Crippen LogP contribution in [0.15, 0.2) is 78.9 Å². The van der Waals surface area contributed by atoms with Crippen molar-refractivity contribution >= 4 is 38.4 Å². The van der Waals surface area contributed by atoms with Crippen molar-refractivity contribution in [1.82, 2.24) is 9.97 Å². The molecule has 0 spiro atoms. The molecule has 0 aliphatic carbocycles. The summed E-state index contributed by atoms with van der Waals surface area (Å²) >= 11 is 1.53. The van der Waals surface area contributed by atoms with Crippen molar-refractivity contribution in [2.24, 2.45) is 0 Å². The van der Waals surface area contributed by atoms with Crippen LogP contribution < -0.4 is 4.74 Å². The molecule has 0 unspecified atom stereocenters. The van der Waals surface area contributed by atoms with E-state index in [0.29, 0.717) is 11.3 Å². The number of aromatic nitrogens is 2. The van der Waals surface area contributed by atoms with Crippen molar-refractivity contribution < 1.29 is 14.3 Å². The van der Waals surface area contributed by atoms with Gasteiger partial charge < -0.3 is 9.47 Å². The minimum Gasteiger partial charge on any atom is -0.497 e. The summed E-state index contributed by atoms with van der Waals surface area (Å²) in [6, 6.07) is 24.8. The molecule has 0 atom stereocenters. The lowest BCUT2D eigenvalue weighted by Gasteiger charge is -2.10. The summed E-state index contributed by atoms with van der Waals surface area (Å²) in [6.45, 7) is 0.132. The summed E-state index contributed by atoms with van der Waals surface area (Å²) in [5, 5.41) is 1.53. The fraction of sp³-hybridized carbons (Fsp3) is 0.0800. The first-order valence-corrected chi connectivity index (χ1v) is 10.6. The van der Waals surface area contributed by atoms with Crippen molar-refractivity contribution in [3.63, 3.8) is 0 Å². The van der Waals surface area contributed by atoms with Crippen LogP contribution in [0.3, 0.4) is 0 Å². The molecular formula is C25H18N2O3S. The van der Waals surface area contributed by atoms with E-state index in [0.717, 1.165) is 37.4 Å². The number of thiazole rings is 1. The number of para-hydroxylation sites is 2. The molecule has 2 aromatic heterocycles. The molecule has 0 aliphatic heterocycles. The van der Waals surface area contributed by atoms with Gasteiger partial charge in [0.2, 0.25) is 0 Å². The Balaban J connectivity index is 1.47. The van der Waals surface area contributed by atoms with Gasteiger partial charge in [-0.15, -0.1) is 11.3 Å². The summed E-state index contributed by atoms with van der Waals surface area (Å²) in [5.74, 6) is 0.368. The van der Waals surface area contributed by atoms with Gasteiger partial charge in [0.25, 0.3) is 0 Å². The first-order chi connectivity index (χ1) is 15.2. The van der Waals surface area contributed by atoms with Crippen molar-refractivity contribution in [1.29, 1.82) is 0 Å². The van der Waals surface area contributed by atoms with Crippen LogP contribution >= 0.6 is 11.3 Å². The molecule has 5 rings (SSSR count). The number of carbonyl (C=O) groups excluding carboxylic acids is 1. The van der Waals surface area contributed by atoms with E-state index in [-0.39, 0.29) is 6.61 Å². The van der Waals surface area contributed by atoms with E-state index in [2.05, 4.69) is 4.98 Å². The van der Waals surface area contributed by atoms with Gasteiger partial charge in [-0.05, 0) is 48.5 Å². The molecule has 0 aliphatic rings. The number of esters is 1. The molecule has 0 saturated heterocycles. The second-order valence-electron chi connectivity index (χ2n) is 6.95. The van der Waals surface area contributed by atoms with Gasteiger partial charge in [-0.25, -0.2) is 14.8 Å². The van der Waals surface area contributed by atoms with E-state index in [9.17, 15) is 4.79 Å². The predicted molar refractivity (Wildman–Crippen MR) is 122 cm³/mol. The van der Waals surface area contributed by atoms with Crippen LogP contribution in [-0.2, 0) is 11.3 Å². The van der Waals surface area contributed by atoms with E-state index in [1.165, 1.54) is 11.3 Å². The summed E-state index contributed by atoms with van der Waals surface area (Å²) in [5.41, 5.74) is 3.73. The lowest BCUT2D eigenvalue weighted by Crippen LogP contribution is -2.07. The Labute approximate surface area is 182 Å². The van der Waals surface area contributed by atoms with Crippen LogP contribution in [0.1, 0.15) is 15.4 Å². The third-order valence-corrected chi connectivity index (χ3v) is 6.00. The first kappa shape index (κ1) is 19.2. The number of hydrogen-bond acceptors (Lipinski definition) is 6. The van der Waals surface area contributed by atoms with Crippen molar-refractivity contribution in [3.05, 3.63) is 89.4 Å². The molecule has 0 bridgehead atoms.